The van der Waals surface area contributed by atoms with Crippen LogP contribution in [-0.4, -0.2) is 0 Å². The molecule has 0 radical (unpaired) electrons. The van der Waals surface area contributed by atoms with Gasteiger partial charge in [-0.15, -0.1) is 12.6 Å². The lowest BCUT2D eigenvalue weighted by Crippen LogP contribution is -1.92. The minimum atomic E-state index is 0.798. The van der Waals surface area contributed by atoms with Crippen LogP contribution in [0.25, 0.3) is 22.3 Å². The normalized spacial score (nSPS) is 10.5. The van der Waals surface area contributed by atoms with E-state index < -0.39 is 0 Å². The highest BCUT2D eigenvalue weighted by Crippen LogP contribution is 2.42. The summed E-state index contributed by atoms with van der Waals surface area (Å²) >= 11 is 4.89. The van der Waals surface area contributed by atoms with Crippen LogP contribution in [0, 0.1) is 0 Å². The Morgan fingerprint density at radius 1 is 0.538 bits per heavy atom. The van der Waals surface area contributed by atoms with E-state index in [1.165, 1.54) is 0 Å². The zero-order valence-corrected chi connectivity index (χ0v) is 15.1. The molecule has 0 N–H and O–H groups in total. The fourth-order valence-corrected chi connectivity index (χ4v) is 3.45. The Morgan fingerprint density at radius 3 is 1.69 bits per heavy atom. The number of benzene rings is 4. The summed E-state index contributed by atoms with van der Waals surface area (Å²) in [6.45, 7) is 0. The summed E-state index contributed by atoms with van der Waals surface area (Å²) in [4.78, 5) is 0.913. The monoisotopic (exact) mass is 354 g/mol. The van der Waals surface area contributed by atoms with E-state index >= 15 is 0 Å². The summed E-state index contributed by atoms with van der Waals surface area (Å²) in [6, 6.07) is 34.5. The SMILES string of the molecule is Sc1c(-c2ccccc2)ccc(Oc2ccccc2)c1-c1ccccc1. The first-order valence-corrected chi connectivity index (χ1v) is 8.97. The smallest absolute Gasteiger partial charge is 0.136 e. The minimum Gasteiger partial charge on any atom is -0.457 e. The third kappa shape index (κ3) is 3.37. The number of para-hydroxylation sites is 1. The van der Waals surface area contributed by atoms with Crippen LogP contribution in [0.1, 0.15) is 0 Å². The van der Waals surface area contributed by atoms with Crippen molar-refractivity contribution in [2.75, 3.05) is 0 Å². The third-order valence-electron chi connectivity index (χ3n) is 4.26. The maximum atomic E-state index is 6.19. The number of hydrogen-bond acceptors (Lipinski definition) is 2. The number of hydrogen-bond donors (Lipinski definition) is 1. The van der Waals surface area contributed by atoms with E-state index in [1.807, 2.05) is 72.8 Å². The lowest BCUT2D eigenvalue weighted by Gasteiger charge is -2.17. The molecule has 0 bridgehead atoms. The van der Waals surface area contributed by atoms with Crippen LogP contribution in [0.5, 0.6) is 11.5 Å². The highest BCUT2D eigenvalue weighted by Gasteiger charge is 2.15. The van der Waals surface area contributed by atoms with Gasteiger partial charge in [0.2, 0.25) is 0 Å². The second-order valence-corrected chi connectivity index (χ2v) is 6.43. The van der Waals surface area contributed by atoms with Gasteiger partial charge in [-0.2, -0.15) is 0 Å². The first kappa shape index (κ1) is 16.5. The van der Waals surface area contributed by atoms with E-state index in [1.54, 1.807) is 0 Å². The Morgan fingerprint density at radius 2 is 1.08 bits per heavy atom. The zero-order chi connectivity index (χ0) is 17.8. The Labute approximate surface area is 159 Å². The van der Waals surface area contributed by atoms with E-state index in [0.29, 0.717) is 0 Å². The predicted molar refractivity (Wildman–Crippen MR) is 111 cm³/mol. The van der Waals surface area contributed by atoms with E-state index in [-0.39, 0.29) is 0 Å². The quantitative estimate of drug-likeness (QED) is 0.384. The summed E-state index contributed by atoms with van der Waals surface area (Å²) in [5, 5.41) is 0. The largest absolute Gasteiger partial charge is 0.457 e. The van der Waals surface area contributed by atoms with Crippen LogP contribution >= 0.6 is 12.6 Å². The van der Waals surface area contributed by atoms with Gasteiger partial charge in [0.25, 0.3) is 0 Å². The molecule has 0 unspecified atom stereocenters. The molecule has 0 heterocycles. The highest BCUT2D eigenvalue weighted by molar-refractivity contribution is 7.80. The van der Waals surface area contributed by atoms with Crippen LogP contribution in [0.2, 0.25) is 0 Å². The van der Waals surface area contributed by atoms with E-state index in [2.05, 4.69) is 30.3 Å². The highest BCUT2D eigenvalue weighted by atomic mass is 32.1. The fraction of sp³-hybridized carbons (Fsp3) is 0. The van der Waals surface area contributed by atoms with Crippen LogP contribution in [0.15, 0.2) is 108 Å². The molecule has 1 nitrogen and oxygen atoms in total. The van der Waals surface area contributed by atoms with Gasteiger partial charge in [-0.05, 0) is 41.0 Å². The van der Waals surface area contributed by atoms with Crippen molar-refractivity contribution < 1.29 is 4.74 Å². The lowest BCUT2D eigenvalue weighted by atomic mass is 9.97. The molecule has 4 aromatic carbocycles. The van der Waals surface area contributed by atoms with Crippen molar-refractivity contribution in [3.05, 3.63) is 103 Å². The molecule has 126 valence electrons. The Bertz CT molecular complexity index is 996. The van der Waals surface area contributed by atoms with Crippen LogP contribution in [-0.2, 0) is 0 Å². The molecule has 0 aliphatic rings. The van der Waals surface area contributed by atoms with Gasteiger partial charge in [0, 0.05) is 10.5 Å². The van der Waals surface area contributed by atoms with Gasteiger partial charge in [-0.1, -0.05) is 78.9 Å². The van der Waals surface area contributed by atoms with Crippen molar-refractivity contribution in [3.8, 4) is 33.8 Å². The minimum absolute atomic E-state index is 0.798. The number of thiol groups is 1. The topological polar surface area (TPSA) is 9.23 Å². The van der Waals surface area contributed by atoms with Gasteiger partial charge in [0.05, 0.1) is 0 Å². The molecule has 2 heteroatoms. The maximum absolute atomic E-state index is 6.19. The third-order valence-corrected chi connectivity index (χ3v) is 4.72. The molecule has 0 aliphatic carbocycles. The summed E-state index contributed by atoms with van der Waals surface area (Å²) < 4.78 is 6.19. The second-order valence-electron chi connectivity index (χ2n) is 5.98. The molecule has 0 aromatic heterocycles. The van der Waals surface area contributed by atoms with Crippen molar-refractivity contribution in [3.63, 3.8) is 0 Å². The van der Waals surface area contributed by atoms with Gasteiger partial charge < -0.3 is 4.74 Å². The van der Waals surface area contributed by atoms with Gasteiger partial charge in [-0.25, -0.2) is 0 Å². The Hall–Kier alpha value is -2.97. The van der Waals surface area contributed by atoms with Crippen LogP contribution < -0.4 is 4.74 Å². The summed E-state index contributed by atoms with van der Waals surface area (Å²) in [7, 11) is 0. The number of rotatable bonds is 4. The zero-order valence-electron chi connectivity index (χ0n) is 14.2. The van der Waals surface area contributed by atoms with Gasteiger partial charge in [0.1, 0.15) is 11.5 Å². The molecule has 0 aliphatic heterocycles. The predicted octanol–water partition coefficient (Wildman–Crippen LogP) is 7.10. The van der Waals surface area contributed by atoms with E-state index in [9.17, 15) is 0 Å². The van der Waals surface area contributed by atoms with Crippen molar-refractivity contribution in [1.82, 2.24) is 0 Å². The first-order chi connectivity index (χ1) is 12.8. The molecule has 0 amide bonds. The molecule has 0 fully saturated rings. The Kier molecular flexibility index (Phi) is 4.76. The molecule has 26 heavy (non-hydrogen) atoms. The number of ether oxygens (including phenoxy) is 1. The molecular formula is C24H18OS. The van der Waals surface area contributed by atoms with Crippen molar-refractivity contribution >= 4 is 12.6 Å². The van der Waals surface area contributed by atoms with Crippen LogP contribution in [0.3, 0.4) is 0 Å². The standard InChI is InChI=1S/C24H18OS/c26-24-21(18-10-4-1-5-11-18)16-17-22(25-20-14-8-3-9-15-20)23(24)19-12-6-2-7-13-19/h1-17,26H. The van der Waals surface area contributed by atoms with E-state index in [4.69, 9.17) is 17.4 Å². The molecule has 0 saturated heterocycles. The summed E-state index contributed by atoms with van der Waals surface area (Å²) in [5.41, 5.74) is 4.31. The molecule has 4 rings (SSSR count). The summed E-state index contributed by atoms with van der Waals surface area (Å²) in [6.07, 6.45) is 0. The van der Waals surface area contributed by atoms with Crippen LogP contribution in [0.4, 0.5) is 0 Å². The lowest BCUT2D eigenvalue weighted by molar-refractivity contribution is 0.483. The average molecular weight is 354 g/mol. The van der Waals surface area contributed by atoms with Gasteiger partial charge in [-0.3, -0.25) is 0 Å². The molecule has 0 spiro atoms. The Balaban J connectivity index is 1.88. The second kappa shape index (κ2) is 7.51. The molecule has 0 saturated carbocycles. The van der Waals surface area contributed by atoms with Gasteiger partial charge in [0.15, 0.2) is 0 Å². The van der Waals surface area contributed by atoms with Gasteiger partial charge >= 0.3 is 0 Å². The van der Waals surface area contributed by atoms with Crippen molar-refractivity contribution in [2.24, 2.45) is 0 Å². The van der Waals surface area contributed by atoms with E-state index in [0.717, 1.165) is 38.6 Å². The maximum Gasteiger partial charge on any atom is 0.136 e. The van der Waals surface area contributed by atoms with Crippen molar-refractivity contribution in [1.29, 1.82) is 0 Å². The fourth-order valence-electron chi connectivity index (χ4n) is 3.01. The molecule has 4 aromatic rings. The molecule has 0 atom stereocenters. The average Bonchev–Trinajstić information content (AvgIpc) is 2.70. The summed E-state index contributed by atoms with van der Waals surface area (Å²) in [5.74, 6) is 1.61. The first-order valence-electron chi connectivity index (χ1n) is 8.52. The van der Waals surface area contributed by atoms with Crippen molar-refractivity contribution in [2.45, 2.75) is 4.90 Å². The molecular weight excluding hydrogens is 336 g/mol.